The first kappa shape index (κ1) is 23.2. The molecule has 144 valence electrons. The normalized spacial score (nSPS) is 14.9. The molecule has 1 atom stereocenters. The number of sulfonamides is 1. The van der Waals surface area contributed by atoms with Crippen LogP contribution in [0.1, 0.15) is 27.7 Å². The third-order valence-electron chi connectivity index (χ3n) is 2.66. The Morgan fingerprint density at radius 3 is 1.80 bits per heavy atom. The van der Waals surface area contributed by atoms with Gasteiger partial charge in [-0.2, -0.15) is 4.72 Å². The minimum atomic E-state index is -4.17. The Bertz CT molecular complexity index is 693. The summed E-state index contributed by atoms with van der Waals surface area (Å²) in [5.74, 6) is -1.74. The Balaban J connectivity index is 3.34. The number of alkyl halides is 3. The Morgan fingerprint density at radius 1 is 1.00 bits per heavy atom. The predicted molar refractivity (Wildman–Crippen MR) is 101 cm³/mol. The van der Waals surface area contributed by atoms with Crippen molar-refractivity contribution in [3.05, 3.63) is 30.3 Å². The first-order valence-corrected chi connectivity index (χ1v) is 11.6. The highest BCUT2D eigenvalue weighted by atomic mass is 35.6. The van der Waals surface area contributed by atoms with E-state index in [2.05, 4.69) is 4.72 Å². The molecule has 0 bridgehead atoms. The molecule has 1 aromatic rings. The first-order valence-electron chi connectivity index (χ1n) is 7.38. The zero-order valence-corrected chi connectivity index (χ0v) is 18.1. The van der Waals surface area contributed by atoms with Gasteiger partial charge in [-0.05, 0) is 39.8 Å². The van der Waals surface area contributed by atoms with Crippen molar-refractivity contribution in [2.24, 2.45) is 0 Å². The first-order chi connectivity index (χ1) is 11.3. The van der Waals surface area contributed by atoms with E-state index in [1.807, 2.05) is 0 Å². The molecule has 0 aliphatic carbocycles. The van der Waals surface area contributed by atoms with E-state index >= 15 is 0 Å². The lowest BCUT2D eigenvalue weighted by atomic mass is 10.4. The van der Waals surface area contributed by atoms with E-state index in [9.17, 15) is 13.0 Å². The van der Waals surface area contributed by atoms with Gasteiger partial charge < -0.3 is 9.05 Å². The average Bonchev–Trinajstić information content (AvgIpc) is 2.42. The fraction of sp³-hybridized carbons (Fsp3) is 0.571. The van der Waals surface area contributed by atoms with Crippen LogP contribution in [-0.2, 0) is 23.6 Å². The minimum Gasteiger partial charge on any atom is -0.305 e. The van der Waals surface area contributed by atoms with Crippen molar-refractivity contribution in [1.29, 1.82) is 0 Å². The zero-order valence-electron chi connectivity index (χ0n) is 14.1. The van der Waals surface area contributed by atoms with Crippen molar-refractivity contribution in [3.63, 3.8) is 0 Å². The summed E-state index contributed by atoms with van der Waals surface area (Å²) < 4.78 is 49.1. The van der Waals surface area contributed by atoms with Gasteiger partial charge in [0.15, 0.2) is 5.78 Å². The van der Waals surface area contributed by atoms with Gasteiger partial charge >= 0.3 is 7.60 Å². The summed E-state index contributed by atoms with van der Waals surface area (Å²) in [6.45, 7) is 6.43. The Morgan fingerprint density at radius 2 is 1.44 bits per heavy atom. The molecule has 0 aromatic heterocycles. The number of nitrogens with one attached hydrogen (secondary N) is 1. The molecular formula is C14H21Cl3NO5PS. The van der Waals surface area contributed by atoms with E-state index < -0.39 is 39.4 Å². The third-order valence-corrected chi connectivity index (χ3v) is 7.97. The molecule has 0 spiro atoms. The lowest BCUT2D eigenvalue weighted by Gasteiger charge is -2.33. The largest absolute Gasteiger partial charge is 0.353 e. The molecule has 0 amide bonds. The lowest BCUT2D eigenvalue weighted by molar-refractivity contribution is 0.135. The van der Waals surface area contributed by atoms with E-state index in [1.54, 1.807) is 33.8 Å². The number of benzene rings is 1. The molecule has 11 heteroatoms. The molecule has 1 aromatic carbocycles. The molecular weight excluding hydrogens is 432 g/mol. The second-order valence-corrected chi connectivity index (χ2v) is 11.8. The van der Waals surface area contributed by atoms with Crippen LogP contribution in [0.15, 0.2) is 35.2 Å². The summed E-state index contributed by atoms with van der Waals surface area (Å²) in [5.41, 5.74) is 0. The van der Waals surface area contributed by atoms with Crippen LogP contribution in [0.4, 0.5) is 0 Å². The van der Waals surface area contributed by atoms with E-state index in [0.717, 1.165) is 0 Å². The lowest BCUT2D eigenvalue weighted by Crippen LogP contribution is -2.45. The highest BCUT2D eigenvalue weighted by Crippen LogP contribution is 2.60. The van der Waals surface area contributed by atoms with Gasteiger partial charge in [0, 0.05) is 0 Å². The smallest absolute Gasteiger partial charge is 0.305 e. The third kappa shape index (κ3) is 7.00. The molecule has 0 aliphatic heterocycles. The van der Waals surface area contributed by atoms with Crippen LogP contribution in [0.25, 0.3) is 0 Å². The van der Waals surface area contributed by atoms with Crippen LogP contribution in [-0.4, -0.2) is 30.2 Å². The molecule has 0 heterocycles. The molecule has 0 fully saturated rings. The van der Waals surface area contributed by atoms with E-state index in [-0.39, 0.29) is 4.90 Å². The zero-order chi connectivity index (χ0) is 19.5. The summed E-state index contributed by atoms with van der Waals surface area (Å²) in [4.78, 5) is -0.0742. The van der Waals surface area contributed by atoms with Crippen LogP contribution in [0, 0.1) is 0 Å². The molecule has 1 N–H and O–H groups in total. The van der Waals surface area contributed by atoms with Gasteiger partial charge in [0.05, 0.1) is 17.1 Å². The molecule has 25 heavy (non-hydrogen) atoms. The summed E-state index contributed by atoms with van der Waals surface area (Å²) in [7, 11) is -8.30. The van der Waals surface area contributed by atoms with Gasteiger partial charge in [0.1, 0.15) is 0 Å². The van der Waals surface area contributed by atoms with E-state index in [1.165, 1.54) is 24.3 Å². The van der Waals surface area contributed by atoms with Crippen LogP contribution in [0.5, 0.6) is 0 Å². The highest BCUT2D eigenvalue weighted by molar-refractivity contribution is 7.89. The maximum atomic E-state index is 13.3. The Kier molecular flexibility index (Phi) is 8.25. The Labute approximate surface area is 163 Å². The van der Waals surface area contributed by atoms with Gasteiger partial charge in [0.25, 0.3) is 0 Å². The molecule has 1 rings (SSSR count). The quantitative estimate of drug-likeness (QED) is 0.456. The van der Waals surface area contributed by atoms with Crippen LogP contribution < -0.4 is 4.72 Å². The summed E-state index contributed by atoms with van der Waals surface area (Å²) >= 11 is 17.7. The molecule has 0 saturated carbocycles. The second-order valence-electron chi connectivity index (χ2n) is 5.73. The number of hydrogen-bond acceptors (Lipinski definition) is 5. The van der Waals surface area contributed by atoms with Crippen molar-refractivity contribution >= 4 is 52.4 Å². The number of rotatable bonds is 8. The van der Waals surface area contributed by atoms with Crippen LogP contribution in [0.3, 0.4) is 0 Å². The fourth-order valence-electron chi connectivity index (χ4n) is 1.86. The molecule has 6 nitrogen and oxygen atoms in total. The summed E-state index contributed by atoms with van der Waals surface area (Å²) in [6, 6.07) is 7.44. The maximum absolute atomic E-state index is 13.3. The van der Waals surface area contributed by atoms with Crippen molar-refractivity contribution in [2.45, 2.75) is 54.4 Å². The fourth-order valence-corrected chi connectivity index (χ4v) is 7.18. The van der Waals surface area contributed by atoms with E-state index in [4.69, 9.17) is 43.9 Å². The van der Waals surface area contributed by atoms with Gasteiger partial charge in [-0.1, -0.05) is 53.0 Å². The van der Waals surface area contributed by atoms with Gasteiger partial charge in [0.2, 0.25) is 13.8 Å². The topological polar surface area (TPSA) is 81.7 Å². The molecule has 0 aliphatic rings. The summed E-state index contributed by atoms with van der Waals surface area (Å²) in [5, 5.41) is 0. The number of halogens is 3. The molecule has 0 saturated heterocycles. The maximum Gasteiger partial charge on any atom is 0.353 e. The number of hydrogen-bond donors (Lipinski definition) is 1. The van der Waals surface area contributed by atoms with Gasteiger partial charge in [-0.3, -0.25) is 4.57 Å². The van der Waals surface area contributed by atoms with Crippen molar-refractivity contribution in [2.75, 3.05) is 0 Å². The standard InChI is InChI=1S/C14H21Cl3NO5PS/c1-10(2)22-24(19,23-11(3)4)13(14(15,16)17)18-25(20,21)12-8-6-5-7-9-12/h5-11,13,18H,1-4H3/t13-/m1/s1. The van der Waals surface area contributed by atoms with Crippen molar-refractivity contribution < 1.29 is 22.0 Å². The highest BCUT2D eigenvalue weighted by Gasteiger charge is 2.52. The minimum absolute atomic E-state index is 0.0742. The second kappa shape index (κ2) is 8.89. The van der Waals surface area contributed by atoms with E-state index in [0.29, 0.717) is 0 Å². The Hall–Kier alpha value is 0.150. The molecule has 0 unspecified atom stereocenters. The van der Waals surface area contributed by atoms with Crippen molar-refractivity contribution in [3.8, 4) is 0 Å². The van der Waals surface area contributed by atoms with Crippen molar-refractivity contribution in [1.82, 2.24) is 4.72 Å². The SMILES string of the molecule is CC(C)OP(=O)(OC(C)C)[C@@H](NS(=O)(=O)c1ccccc1)C(Cl)(Cl)Cl. The van der Waals surface area contributed by atoms with Gasteiger partial charge in [-0.25, -0.2) is 8.42 Å². The van der Waals surface area contributed by atoms with Crippen LogP contribution >= 0.6 is 42.4 Å². The molecule has 0 radical (unpaired) electrons. The summed E-state index contributed by atoms with van der Waals surface area (Å²) in [6.07, 6.45) is -1.11. The predicted octanol–water partition coefficient (Wildman–Crippen LogP) is 4.70. The van der Waals surface area contributed by atoms with Gasteiger partial charge in [-0.15, -0.1) is 0 Å². The van der Waals surface area contributed by atoms with Crippen LogP contribution in [0.2, 0.25) is 0 Å². The monoisotopic (exact) mass is 451 g/mol. The average molecular weight is 453 g/mol.